The Bertz CT molecular complexity index is 357. The SMILES string of the molecule is NCc1nc(C(F)F)c(C=O)cc1Br. The van der Waals surface area contributed by atoms with E-state index in [4.69, 9.17) is 5.73 Å². The summed E-state index contributed by atoms with van der Waals surface area (Å²) in [5.41, 5.74) is 4.95. The molecule has 0 saturated heterocycles. The predicted molar refractivity (Wildman–Crippen MR) is 50.2 cm³/mol. The van der Waals surface area contributed by atoms with Crippen LogP contribution in [-0.4, -0.2) is 11.3 Å². The molecule has 0 aliphatic heterocycles. The van der Waals surface area contributed by atoms with E-state index >= 15 is 0 Å². The van der Waals surface area contributed by atoms with E-state index in [1.807, 2.05) is 0 Å². The van der Waals surface area contributed by atoms with E-state index in [1.54, 1.807) is 0 Å². The molecular formula is C8H7BrF2N2O. The number of hydrogen-bond acceptors (Lipinski definition) is 3. The Morgan fingerprint density at radius 1 is 1.64 bits per heavy atom. The number of nitrogens with zero attached hydrogens (tertiary/aromatic N) is 1. The van der Waals surface area contributed by atoms with Crippen LogP contribution >= 0.6 is 15.9 Å². The first kappa shape index (κ1) is 11.2. The lowest BCUT2D eigenvalue weighted by molar-refractivity contribution is 0.110. The van der Waals surface area contributed by atoms with Gasteiger partial charge in [0.15, 0.2) is 6.29 Å². The highest BCUT2D eigenvalue weighted by atomic mass is 79.9. The topological polar surface area (TPSA) is 56.0 Å². The quantitative estimate of drug-likeness (QED) is 0.851. The van der Waals surface area contributed by atoms with Gasteiger partial charge in [-0.05, 0) is 22.0 Å². The minimum absolute atomic E-state index is 0.0411. The summed E-state index contributed by atoms with van der Waals surface area (Å²) in [5, 5.41) is 0. The Kier molecular flexibility index (Phi) is 3.65. The van der Waals surface area contributed by atoms with Crippen LogP contribution < -0.4 is 5.73 Å². The lowest BCUT2D eigenvalue weighted by Crippen LogP contribution is -2.06. The molecule has 1 aromatic heterocycles. The van der Waals surface area contributed by atoms with Crippen LogP contribution in [0.3, 0.4) is 0 Å². The number of carbonyl (C=O) groups excluding carboxylic acids is 1. The number of nitrogens with two attached hydrogens (primary N) is 1. The molecule has 0 unspecified atom stereocenters. The second-order valence-electron chi connectivity index (χ2n) is 2.51. The second-order valence-corrected chi connectivity index (χ2v) is 3.37. The zero-order chi connectivity index (χ0) is 10.7. The number of hydrogen-bond donors (Lipinski definition) is 1. The molecule has 0 saturated carbocycles. The molecule has 3 nitrogen and oxygen atoms in total. The molecule has 1 aromatic rings. The molecule has 0 fully saturated rings. The number of aromatic nitrogens is 1. The molecule has 0 aliphatic carbocycles. The van der Waals surface area contributed by atoms with Crippen molar-refractivity contribution in [1.82, 2.24) is 4.98 Å². The molecule has 2 N–H and O–H groups in total. The lowest BCUT2D eigenvalue weighted by Gasteiger charge is -2.07. The number of aldehydes is 1. The number of pyridine rings is 1. The fraction of sp³-hybridized carbons (Fsp3) is 0.250. The number of halogens is 3. The second kappa shape index (κ2) is 4.56. The predicted octanol–water partition coefficient (Wildman–Crippen LogP) is 2.05. The van der Waals surface area contributed by atoms with E-state index in [0.717, 1.165) is 0 Å². The van der Waals surface area contributed by atoms with Crippen LogP contribution in [0.15, 0.2) is 10.5 Å². The summed E-state index contributed by atoms with van der Waals surface area (Å²) >= 11 is 3.09. The summed E-state index contributed by atoms with van der Waals surface area (Å²) in [4.78, 5) is 14.1. The normalized spacial score (nSPS) is 10.6. The highest BCUT2D eigenvalue weighted by molar-refractivity contribution is 9.10. The Morgan fingerprint density at radius 2 is 2.29 bits per heavy atom. The average Bonchev–Trinajstić information content (AvgIpc) is 2.16. The van der Waals surface area contributed by atoms with Gasteiger partial charge in [0.25, 0.3) is 6.43 Å². The van der Waals surface area contributed by atoms with Gasteiger partial charge in [-0.25, -0.2) is 13.8 Å². The molecule has 0 spiro atoms. The Labute approximate surface area is 87.4 Å². The van der Waals surface area contributed by atoms with Crippen molar-refractivity contribution in [3.05, 3.63) is 27.5 Å². The molecule has 0 radical (unpaired) electrons. The van der Waals surface area contributed by atoms with Crippen molar-refractivity contribution in [1.29, 1.82) is 0 Å². The van der Waals surface area contributed by atoms with Gasteiger partial charge in [-0.2, -0.15) is 0 Å². The van der Waals surface area contributed by atoms with Crippen molar-refractivity contribution in [2.75, 3.05) is 0 Å². The van der Waals surface area contributed by atoms with Gasteiger partial charge in [0.1, 0.15) is 5.69 Å². The van der Waals surface area contributed by atoms with Crippen molar-refractivity contribution in [2.24, 2.45) is 5.73 Å². The summed E-state index contributed by atoms with van der Waals surface area (Å²) in [6, 6.07) is 1.30. The number of carbonyl (C=O) groups is 1. The van der Waals surface area contributed by atoms with Crippen LogP contribution in [0.4, 0.5) is 8.78 Å². The molecule has 0 bridgehead atoms. The molecule has 76 valence electrons. The summed E-state index contributed by atoms with van der Waals surface area (Å²) in [6.07, 6.45) is -2.42. The maximum Gasteiger partial charge on any atom is 0.281 e. The molecule has 1 rings (SSSR count). The van der Waals surface area contributed by atoms with Crippen LogP contribution in [-0.2, 0) is 6.54 Å². The van der Waals surface area contributed by atoms with Gasteiger partial charge in [-0.3, -0.25) is 4.79 Å². The molecule has 0 aromatic carbocycles. The summed E-state index contributed by atoms with van der Waals surface area (Å²) in [5.74, 6) is 0. The van der Waals surface area contributed by atoms with Crippen LogP contribution in [0.1, 0.15) is 28.2 Å². The van der Waals surface area contributed by atoms with E-state index in [0.29, 0.717) is 16.5 Å². The van der Waals surface area contributed by atoms with Gasteiger partial charge in [-0.1, -0.05) is 0 Å². The third-order valence-electron chi connectivity index (χ3n) is 1.64. The first-order valence-corrected chi connectivity index (χ1v) is 4.52. The zero-order valence-corrected chi connectivity index (χ0v) is 8.59. The summed E-state index contributed by atoms with van der Waals surface area (Å²) in [7, 11) is 0. The molecule has 1 heterocycles. The first-order valence-electron chi connectivity index (χ1n) is 3.72. The van der Waals surface area contributed by atoms with Gasteiger partial charge < -0.3 is 5.73 Å². The van der Waals surface area contributed by atoms with Crippen LogP contribution in [0.5, 0.6) is 0 Å². The van der Waals surface area contributed by atoms with Crippen LogP contribution in [0, 0.1) is 0 Å². The standard InChI is InChI=1S/C8H7BrF2N2O/c9-5-1-4(3-14)7(8(10)11)13-6(5)2-12/h1,3,8H,2,12H2. The minimum Gasteiger partial charge on any atom is -0.325 e. The van der Waals surface area contributed by atoms with Crippen molar-refractivity contribution in [3.63, 3.8) is 0 Å². The molecule has 0 atom stereocenters. The Balaban J connectivity index is 3.32. The minimum atomic E-state index is -2.77. The van der Waals surface area contributed by atoms with Gasteiger partial charge in [0.2, 0.25) is 0 Å². The van der Waals surface area contributed by atoms with Crippen molar-refractivity contribution in [2.45, 2.75) is 13.0 Å². The van der Waals surface area contributed by atoms with Crippen LogP contribution in [0.2, 0.25) is 0 Å². The van der Waals surface area contributed by atoms with Gasteiger partial charge in [-0.15, -0.1) is 0 Å². The Morgan fingerprint density at radius 3 is 2.71 bits per heavy atom. The Hall–Kier alpha value is -0.880. The maximum atomic E-state index is 12.4. The number of alkyl halides is 2. The van der Waals surface area contributed by atoms with Gasteiger partial charge >= 0.3 is 0 Å². The smallest absolute Gasteiger partial charge is 0.281 e. The molecular weight excluding hydrogens is 258 g/mol. The summed E-state index contributed by atoms with van der Waals surface area (Å²) in [6.45, 7) is 0.0411. The first-order chi connectivity index (χ1) is 6.60. The van der Waals surface area contributed by atoms with Gasteiger partial charge in [0.05, 0.1) is 5.69 Å². The monoisotopic (exact) mass is 264 g/mol. The lowest BCUT2D eigenvalue weighted by atomic mass is 10.2. The van der Waals surface area contributed by atoms with E-state index in [2.05, 4.69) is 20.9 Å². The molecule has 6 heteroatoms. The number of rotatable bonds is 3. The van der Waals surface area contributed by atoms with Crippen molar-refractivity contribution in [3.8, 4) is 0 Å². The van der Waals surface area contributed by atoms with Gasteiger partial charge in [0, 0.05) is 16.6 Å². The van der Waals surface area contributed by atoms with Crippen LogP contribution in [0.25, 0.3) is 0 Å². The van der Waals surface area contributed by atoms with Crippen molar-refractivity contribution >= 4 is 22.2 Å². The fourth-order valence-corrected chi connectivity index (χ4v) is 1.47. The fourth-order valence-electron chi connectivity index (χ4n) is 0.969. The third-order valence-corrected chi connectivity index (χ3v) is 2.32. The van der Waals surface area contributed by atoms with Crippen molar-refractivity contribution < 1.29 is 13.6 Å². The van der Waals surface area contributed by atoms with E-state index in [1.165, 1.54) is 6.07 Å². The van der Waals surface area contributed by atoms with E-state index < -0.39 is 12.1 Å². The van der Waals surface area contributed by atoms with E-state index in [9.17, 15) is 13.6 Å². The third kappa shape index (κ3) is 2.13. The molecule has 14 heavy (non-hydrogen) atoms. The van der Waals surface area contributed by atoms with E-state index in [-0.39, 0.29) is 12.1 Å². The highest BCUT2D eigenvalue weighted by Gasteiger charge is 2.16. The average molecular weight is 265 g/mol. The molecule has 0 amide bonds. The highest BCUT2D eigenvalue weighted by Crippen LogP contribution is 2.24. The summed E-state index contributed by atoms with van der Waals surface area (Å²) < 4.78 is 25.2. The zero-order valence-electron chi connectivity index (χ0n) is 7.01. The molecule has 0 aliphatic rings. The largest absolute Gasteiger partial charge is 0.325 e. The maximum absolute atomic E-state index is 12.4.